The fourth-order valence-electron chi connectivity index (χ4n) is 2.14. The minimum atomic E-state index is -3.76. The predicted octanol–water partition coefficient (Wildman–Crippen LogP) is 1.52. The van der Waals surface area contributed by atoms with Crippen LogP contribution >= 0.6 is 0 Å². The fourth-order valence-corrected chi connectivity index (χ4v) is 2.82. The summed E-state index contributed by atoms with van der Waals surface area (Å²) in [5.74, 6) is 0.806. The molecule has 18 heavy (non-hydrogen) atoms. The summed E-state index contributed by atoms with van der Waals surface area (Å²) in [6, 6.07) is 4.83. The van der Waals surface area contributed by atoms with E-state index in [1.54, 1.807) is 12.1 Å². The molecule has 1 fully saturated rings. The molecule has 1 aliphatic rings. The van der Waals surface area contributed by atoms with Crippen LogP contribution in [0.4, 0.5) is 11.4 Å². The van der Waals surface area contributed by atoms with Gasteiger partial charge >= 0.3 is 0 Å². The van der Waals surface area contributed by atoms with Crippen molar-refractivity contribution >= 4 is 21.4 Å². The topological polar surface area (TPSA) is 98.2 Å². The molecule has 5 nitrogen and oxygen atoms in total. The molecular weight excluding hydrogens is 250 g/mol. The first-order valence-corrected chi connectivity index (χ1v) is 7.68. The summed E-state index contributed by atoms with van der Waals surface area (Å²) >= 11 is 0. The van der Waals surface area contributed by atoms with E-state index in [4.69, 9.17) is 10.9 Å². The maximum atomic E-state index is 11.3. The average Bonchev–Trinajstić information content (AvgIpc) is 2.22. The standard InChI is InChI=1S/C12H19N3O2S/c13-12-10(15-8-7-9-3-1-4-9)5-2-6-11(12)18(14,16)17/h2,5-6,9,15H,1,3-4,7-8,13H2,(H2,14,16,17). The van der Waals surface area contributed by atoms with Crippen LogP contribution in [0.1, 0.15) is 25.7 Å². The molecule has 5 N–H and O–H groups in total. The van der Waals surface area contributed by atoms with Crippen molar-refractivity contribution < 1.29 is 8.42 Å². The van der Waals surface area contributed by atoms with E-state index in [2.05, 4.69) is 5.32 Å². The number of rotatable bonds is 5. The van der Waals surface area contributed by atoms with Crippen LogP contribution in [-0.2, 0) is 10.0 Å². The van der Waals surface area contributed by atoms with Gasteiger partial charge in [-0.1, -0.05) is 25.3 Å². The molecule has 0 spiro atoms. The van der Waals surface area contributed by atoms with E-state index in [0.29, 0.717) is 5.69 Å². The van der Waals surface area contributed by atoms with Gasteiger partial charge in [0, 0.05) is 6.54 Å². The van der Waals surface area contributed by atoms with Crippen molar-refractivity contribution in [2.24, 2.45) is 11.1 Å². The number of sulfonamides is 1. The SMILES string of the molecule is Nc1c(NCCC2CCC2)cccc1S(N)(=O)=O. The molecule has 0 heterocycles. The number of nitrogens with one attached hydrogen (secondary N) is 1. The molecule has 0 aromatic heterocycles. The monoisotopic (exact) mass is 269 g/mol. The van der Waals surface area contributed by atoms with E-state index in [1.165, 1.54) is 25.3 Å². The summed E-state index contributed by atoms with van der Waals surface area (Å²) in [4.78, 5) is -0.0175. The zero-order chi connectivity index (χ0) is 13.2. The third-order valence-corrected chi connectivity index (χ3v) is 4.43. The summed E-state index contributed by atoms with van der Waals surface area (Å²) in [7, 11) is -3.76. The first-order valence-electron chi connectivity index (χ1n) is 6.13. The van der Waals surface area contributed by atoms with Crippen molar-refractivity contribution in [1.29, 1.82) is 0 Å². The maximum absolute atomic E-state index is 11.3. The Kier molecular flexibility index (Phi) is 3.77. The zero-order valence-electron chi connectivity index (χ0n) is 10.2. The van der Waals surface area contributed by atoms with Crippen LogP contribution in [0.2, 0.25) is 0 Å². The first-order chi connectivity index (χ1) is 8.48. The lowest BCUT2D eigenvalue weighted by molar-refractivity contribution is 0.303. The summed E-state index contributed by atoms with van der Waals surface area (Å²) < 4.78 is 22.6. The quantitative estimate of drug-likeness (QED) is 0.706. The highest BCUT2D eigenvalue weighted by atomic mass is 32.2. The Hall–Kier alpha value is -1.27. The van der Waals surface area contributed by atoms with Crippen molar-refractivity contribution in [3.63, 3.8) is 0 Å². The second kappa shape index (κ2) is 5.16. The summed E-state index contributed by atoms with van der Waals surface area (Å²) in [5.41, 5.74) is 6.65. The van der Waals surface area contributed by atoms with Gasteiger partial charge in [-0.3, -0.25) is 0 Å². The second-order valence-electron chi connectivity index (χ2n) is 4.77. The summed E-state index contributed by atoms with van der Waals surface area (Å²) in [6.45, 7) is 0.808. The normalized spacial score (nSPS) is 16.3. The van der Waals surface area contributed by atoms with E-state index in [1.807, 2.05) is 0 Å². The molecule has 0 unspecified atom stereocenters. The smallest absolute Gasteiger partial charge is 0.240 e. The molecule has 1 saturated carbocycles. The number of anilines is 2. The van der Waals surface area contributed by atoms with Crippen molar-refractivity contribution in [2.75, 3.05) is 17.6 Å². The molecule has 0 aliphatic heterocycles. The van der Waals surface area contributed by atoms with Crippen molar-refractivity contribution in [3.05, 3.63) is 18.2 Å². The number of hydrogen-bond acceptors (Lipinski definition) is 4. The highest BCUT2D eigenvalue weighted by molar-refractivity contribution is 7.89. The van der Waals surface area contributed by atoms with Gasteiger partial charge in [-0.15, -0.1) is 0 Å². The van der Waals surface area contributed by atoms with Gasteiger partial charge < -0.3 is 11.1 Å². The molecule has 1 aromatic carbocycles. The number of nitrogens with two attached hydrogens (primary N) is 2. The molecule has 1 aromatic rings. The Morgan fingerprint density at radius 1 is 1.33 bits per heavy atom. The summed E-state index contributed by atoms with van der Waals surface area (Å²) in [5, 5.41) is 8.28. The molecule has 2 rings (SSSR count). The Balaban J connectivity index is 2.03. The lowest BCUT2D eigenvalue weighted by atomic mass is 9.83. The van der Waals surface area contributed by atoms with Crippen LogP contribution in [0.25, 0.3) is 0 Å². The van der Waals surface area contributed by atoms with E-state index in [9.17, 15) is 8.42 Å². The van der Waals surface area contributed by atoms with Gasteiger partial charge in [0.25, 0.3) is 0 Å². The van der Waals surface area contributed by atoms with Crippen molar-refractivity contribution in [3.8, 4) is 0 Å². The Bertz CT molecular complexity index is 524. The third kappa shape index (κ3) is 2.94. The van der Waals surface area contributed by atoms with Gasteiger partial charge in [0.2, 0.25) is 10.0 Å². The number of nitrogen functional groups attached to an aromatic ring is 1. The van der Waals surface area contributed by atoms with Crippen LogP contribution in [0.3, 0.4) is 0 Å². The number of hydrogen-bond donors (Lipinski definition) is 3. The van der Waals surface area contributed by atoms with Gasteiger partial charge in [-0.05, 0) is 24.5 Å². The van der Waals surface area contributed by atoms with E-state index in [-0.39, 0.29) is 10.6 Å². The molecular formula is C12H19N3O2S. The van der Waals surface area contributed by atoms with Crippen LogP contribution < -0.4 is 16.2 Å². The van der Waals surface area contributed by atoms with Gasteiger partial charge in [0.1, 0.15) is 4.90 Å². The van der Waals surface area contributed by atoms with Crippen LogP contribution in [0, 0.1) is 5.92 Å². The first kappa shape index (κ1) is 13.2. The minimum Gasteiger partial charge on any atom is -0.396 e. The third-order valence-electron chi connectivity index (χ3n) is 3.47. The van der Waals surface area contributed by atoms with Gasteiger partial charge in [-0.2, -0.15) is 0 Å². The molecule has 0 radical (unpaired) electrons. The molecule has 0 atom stereocenters. The number of benzene rings is 1. The van der Waals surface area contributed by atoms with E-state index >= 15 is 0 Å². The van der Waals surface area contributed by atoms with Crippen LogP contribution in [-0.4, -0.2) is 15.0 Å². The molecule has 1 aliphatic carbocycles. The Labute approximate surface area is 108 Å². The van der Waals surface area contributed by atoms with Gasteiger partial charge in [0.15, 0.2) is 0 Å². The van der Waals surface area contributed by atoms with Gasteiger partial charge in [-0.25, -0.2) is 13.6 Å². The maximum Gasteiger partial charge on any atom is 0.240 e. The van der Waals surface area contributed by atoms with Crippen LogP contribution in [0.5, 0.6) is 0 Å². The summed E-state index contributed by atoms with van der Waals surface area (Å²) in [6.07, 6.45) is 5.02. The number of para-hydroxylation sites is 1. The molecule has 6 heteroatoms. The molecule has 0 saturated heterocycles. The van der Waals surface area contributed by atoms with Crippen LogP contribution in [0.15, 0.2) is 23.1 Å². The average molecular weight is 269 g/mol. The highest BCUT2D eigenvalue weighted by Gasteiger charge is 2.17. The van der Waals surface area contributed by atoms with Gasteiger partial charge in [0.05, 0.1) is 11.4 Å². The second-order valence-corrected chi connectivity index (χ2v) is 6.30. The van der Waals surface area contributed by atoms with Crippen molar-refractivity contribution in [2.45, 2.75) is 30.6 Å². The minimum absolute atomic E-state index is 0.0175. The molecule has 0 bridgehead atoms. The highest BCUT2D eigenvalue weighted by Crippen LogP contribution is 2.30. The van der Waals surface area contributed by atoms with E-state index in [0.717, 1.165) is 18.9 Å². The number of primary sulfonamides is 1. The zero-order valence-corrected chi connectivity index (χ0v) is 11.0. The van der Waals surface area contributed by atoms with Crippen molar-refractivity contribution in [1.82, 2.24) is 0 Å². The predicted molar refractivity (Wildman–Crippen MR) is 72.7 cm³/mol. The lowest BCUT2D eigenvalue weighted by Crippen LogP contribution is -2.18. The Morgan fingerprint density at radius 3 is 2.61 bits per heavy atom. The molecule has 100 valence electrons. The Morgan fingerprint density at radius 2 is 2.06 bits per heavy atom. The fraction of sp³-hybridized carbons (Fsp3) is 0.500. The van der Waals surface area contributed by atoms with E-state index < -0.39 is 10.0 Å². The molecule has 0 amide bonds. The largest absolute Gasteiger partial charge is 0.396 e. The lowest BCUT2D eigenvalue weighted by Gasteiger charge is -2.25.